The molecule has 5 nitrogen and oxygen atoms in total. The second-order valence-corrected chi connectivity index (χ2v) is 2.05. The standard InChI is InChI=1S/C7H15O5/c8-1-3-11-6-7(5-10)12-4-2-9/h8-10H,1-6H2. The lowest BCUT2D eigenvalue weighted by Crippen LogP contribution is -2.18. The molecule has 0 rings (SSSR count). The minimum absolute atomic E-state index is 0.0568. The molecule has 0 atom stereocenters. The Morgan fingerprint density at radius 3 is 2.17 bits per heavy atom. The van der Waals surface area contributed by atoms with Crippen LogP contribution in [0, 0.1) is 6.10 Å². The van der Waals surface area contributed by atoms with E-state index in [9.17, 15) is 0 Å². The first-order chi connectivity index (χ1) is 5.85. The van der Waals surface area contributed by atoms with Gasteiger partial charge in [0.25, 0.3) is 0 Å². The first kappa shape index (κ1) is 11.8. The van der Waals surface area contributed by atoms with Crippen molar-refractivity contribution >= 4 is 0 Å². The molecule has 0 bridgehead atoms. The van der Waals surface area contributed by atoms with Crippen molar-refractivity contribution in [3.05, 3.63) is 6.10 Å². The highest BCUT2D eigenvalue weighted by Crippen LogP contribution is 2.00. The highest BCUT2D eigenvalue weighted by Gasteiger charge is 2.08. The molecule has 5 heteroatoms. The Bertz CT molecular complexity index is 87.9. The van der Waals surface area contributed by atoms with Crippen molar-refractivity contribution in [1.82, 2.24) is 0 Å². The van der Waals surface area contributed by atoms with Crippen molar-refractivity contribution in [2.45, 2.75) is 0 Å². The minimum Gasteiger partial charge on any atom is -0.394 e. The van der Waals surface area contributed by atoms with E-state index in [1.807, 2.05) is 0 Å². The van der Waals surface area contributed by atoms with E-state index in [1.54, 1.807) is 0 Å². The molecule has 0 aromatic heterocycles. The van der Waals surface area contributed by atoms with Crippen LogP contribution < -0.4 is 0 Å². The van der Waals surface area contributed by atoms with E-state index < -0.39 is 0 Å². The fraction of sp³-hybridized carbons (Fsp3) is 0.857. The highest BCUT2D eigenvalue weighted by molar-refractivity contribution is 4.76. The van der Waals surface area contributed by atoms with Gasteiger partial charge in [-0.1, -0.05) is 0 Å². The maximum absolute atomic E-state index is 8.67. The molecule has 0 unspecified atom stereocenters. The van der Waals surface area contributed by atoms with E-state index in [0.717, 1.165) is 0 Å². The van der Waals surface area contributed by atoms with E-state index >= 15 is 0 Å². The highest BCUT2D eigenvalue weighted by atomic mass is 16.5. The summed E-state index contributed by atoms with van der Waals surface area (Å²) in [6, 6.07) is 0. The van der Waals surface area contributed by atoms with Gasteiger partial charge in [0.2, 0.25) is 0 Å². The van der Waals surface area contributed by atoms with Crippen LogP contribution in [0.4, 0.5) is 0 Å². The average Bonchev–Trinajstić information content (AvgIpc) is 2.11. The Morgan fingerprint density at radius 1 is 1.00 bits per heavy atom. The fourth-order valence-electron chi connectivity index (χ4n) is 0.573. The maximum Gasteiger partial charge on any atom is 0.148 e. The lowest BCUT2D eigenvalue weighted by Gasteiger charge is -2.12. The van der Waals surface area contributed by atoms with Crippen LogP contribution in [0.1, 0.15) is 0 Å². The average molecular weight is 179 g/mol. The SMILES string of the molecule is OCCOC[C](CO)OCCO. The van der Waals surface area contributed by atoms with Gasteiger partial charge in [0.1, 0.15) is 6.10 Å². The normalized spacial score (nSPS) is 11.0. The van der Waals surface area contributed by atoms with Gasteiger partial charge < -0.3 is 24.8 Å². The van der Waals surface area contributed by atoms with E-state index in [0.29, 0.717) is 6.10 Å². The van der Waals surface area contributed by atoms with E-state index in [4.69, 9.17) is 24.8 Å². The fourth-order valence-corrected chi connectivity index (χ4v) is 0.573. The minimum atomic E-state index is -0.231. The van der Waals surface area contributed by atoms with Gasteiger partial charge in [-0.3, -0.25) is 0 Å². The van der Waals surface area contributed by atoms with Crippen molar-refractivity contribution in [2.75, 3.05) is 39.6 Å². The van der Waals surface area contributed by atoms with Crippen molar-refractivity contribution in [3.63, 3.8) is 0 Å². The molecule has 0 fully saturated rings. The van der Waals surface area contributed by atoms with Crippen LogP contribution in [0.2, 0.25) is 0 Å². The van der Waals surface area contributed by atoms with Crippen molar-refractivity contribution in [2.24, 2.45) is 0 Å². The van der Waals surface area contributed by atoms with Gasteiger partial charge in [0.15, 0.2) is 0 Å². The van der Waals surface area contributed by atoms with Crippen LogP contribution in [0.5, 0.6) is 0 Å². The predicted octanol–water partition coefficient (Wildman–Crippen LogP) is -1.47. The molecular weight excluding hydrogens is 164 g/mol. The maximum atomic E-state index is 8.67. The molecule has 1 radical (unpaired) electrons. The van der Waals surface area contributed by atoms with E-state index in [-0.39, 0.29) is 39.6 Å². The van der Waals surface area contributed by atoms with Crippen molar-refractivity contribution in [1.29, 1.82) is 0 Å². The second kappa shape index (κ2) is 8.89. The Balaban J connectivity index is 3.26. The topological polar surface area (TPSA) is 79.2 Å². The Morgan fingerprint density at radius 2 is 1.67 bits per heavy atom. The van der Waals surface area contributed by atoms with Gasteiger partial charge >= 0.3 is 0 Å². The first-order valence-electron chi connectivity index (χ1n) is 3.73. The molecule has 73 valence electrons. The van der Waals surface area contributed by atoms with E-state index in [1.165, 1.54) is 0 Å². The summed E-state index contributed by atoms with van der Waals surface area (Å²) in [6.45, 7) is 0.134. The summed E-state index contributed by atoms with van der Waals surface area (Å²) < 4.78 is 9.78. The first-order valence-corrected chi connectivity index (χ1v) is 3.73. The number of hydrogen-bond acceptors (Lipinski definition) is 5. The lowest BCUT2D eigenvalue weighted by atomic mass is 10.4. The summed E-state index contributed by atoms with van der Waals surface area (Å²) in [5, 5.41) is 25.4. The number of aliphatic hydroxyl groups excluding tert-OH is 3. The molecule has 0 aromatic rings. The third-order valence-corrected chi connectivity index (χ3v) is 1.07. The van der Waals surface area contributed by atoms with Crippen LogP contribution in [0.3, 0.4) is 0 Å². The molecule has 0 aliphatic heterocycles. The monoisotopic (exact) mass is 179 g/mol. The number of hydrogen-bond donors (Lipinski definition) is 3. The van der Waals surface area contributed by atoms with Gasteiger partial charge in [-0.2, -0.15) is 0 Å². The van der Waals surface area contributed by atoms with Crippen LogP contribution in [-0.2, 0) is 9.47 Å². The molecule has 0 saturated carbocycles. The molecule has 3 N–H and O–H groups in total. The van der Waals surface area contributed by atoms with Crippen LogP contribution >= 0.6 is 0 Å². The van der Waals surface area contributed by atoms with Gasteiger partial charge in [0.05, 0.1) is 39.6 Å². The quantitative estimate of drug-likeness (QED) is 0.396. The van der Waals surface area contributed by atoms with Crippen molar-refractivity contribution < 1.29 is 24.8 Å². The molecule has 0 heterocycles. The van der Waals surface area contributed by atoms with Crippen molar-refractivity contribution in [3.8, 4) is 0 Å². The number of rotatable bonds is 8. The van der Waals surface area contributed by atoms with Gasteiger partial charge in [0, 0.05) is 0 Å². The third-order valence-electron chi connectivity index (χ3n) is 1.07. The van der Waals surface area contributed by atoms with Gasteiger partial charge in [-0.15, -0.1) is 0 Å². The molecular formula is C7H15O5. The Hall–Kier alpha value is -0.200. The Kier molecular flexibility index (Phi) is 8.74. The molecule has 12 heavy (non-hydrogen) atoms. The molecule has 0 aliphatic rings. The summed E-state index contributed by atoms with van der Waals surface area (Å²) in [5.74, 6) is 0. The zero-order valence-electron chi connectivity index (χ0n) is 6.90. The largest absolute Gasteiger partial charge is 0.394 e. The van der Waals surface area contributed by atoms with Crippen LogP contribution in [0.15, 0.2) is 0 Å². The summed E-state index contributed by atoms with van der Waals surface area (Å²) in [5.41, 5.74) is 0. The third kappa shape index (κ3) is 6.51. The number of ether oxygens (including phenoxy) is 2. The molecule has 0 amide bonds. The molecule has 0 aliphatic carbocycles. The predicted molar refractivity (Wildman–Crippen MR) is 41.3 cm³/mol. The molecule has 0 aromatic carbocycles. The molecule has 0 saturated heterocycles. The zero-order valence-corrected chi connectivity index (χ0v) is 6.90. The molecule has 0 spiro atoms. The van der Waals surface area contributed by atoms with E-state index in [2.05, 4.69) is 0 Å². The second-order valence-electron chi connectivity index (χ2n) is 2.05. The van der Waals surface area contributed by atoms with Gasteiger partial charge in [-0.05, 0) is 0 Å². The summed E-state index contributed by atoms with van der Waals surface area (Å²) in [4.78, 5) is 0. The smallest absolute Gasteiger partial charge is 0.148 e. The lowest BCUT2D eigenvalue weighted by molar-refractivity contribution is 0.00600. The zero-order chi connectivity index (χ0) is 9.23. The summed E-state index contributed by atoms with van der Waals surface area (Å²) >= 11 is 0. The summed E-state index contributed by atoms with van der Waals surface area (Å²) in [7, 11) is 0. The van der Waals surface area contributed by atoms with Crippen LogP contribution in [-0.4, -0.2) is 55.0 Å². The van der Waals surface area contributed by atoms with Crippen LogP contribution in [0.25, 0.3) is 0 Å². The van der Waals surface area contributed by atoms with Gasteiger partial charge in [-0.25, -0.2) is 0 Å². The number of aliphatic hydroxyl groups is 3. The summed E-state index contributed by atoms with van der Waals surface area (Å²) in [6.07, 6.45) is 0.359. The Labute approximate surface area is 71.5 Å².